The first-order chi connectivity index (χ1) is 11.8. The first-order valence-electron chi connectivity index (χ1n) is 8.76. The van der Waals surface area contributed by atoms with Gasteiger partial charge in [0.1, 0.15) is 5.75 Å². The first-order valence-corrected chi connectivity index (χ1v) is 8.76. The molecular formula is C19H24N4O. The second-order valence-corrected chi connectivity index (χ2v) is 6.74. The molecule has 4 rings (SSSR count). The number of para-hydroxylation sites is 1. The highest BCUT2D eigenvalue weighted by Gasteiger charge is 2.28. The Morgan fingerprint density at radius 2 is 2.08 bits per heavy atom. The van der Waals surface area contributed by atoms with E-state index < -0.39 is 0 Å². The minimum absolute atomic E-state index is 0.676. The Hall–Kier alpha value is -2.14. The molecule has 0 spiro atoms. The van der Waals surface area contributed by atoms with Gasteiger partial charge >= 0.3 is 0 Å². The number of methoxy groups -OCH3 is 1. The molecule has 5 heteroatoms. The first kappa shape index (κ1) is 15.4. The van der Waals surface area contributed by atoms with Crippen LogP contribution in [0.4, 0.5) is 5.82 Å². The fraction of sp³-hybridized carbons (Fsp3) is 0.474. The van der Waals surface area contributed by atoms with Crippen molar-refractivity contribution in [2.45, 2.75) is 25.8 Å². The number of hydrogen-bond acceptors (Lipinski definition) is 5. The van der Waals surface area contributed by atoms with Gasteiger partial charge in [0.2, 0.25) is 0 Å². The van der Waals surface area contributed by atoms with Crippen LogP contribution in [-0.4, -0.2) is 36.9 Å². The number of nitrogens with zero attached hydrogens (tertiary/aromatic N) is 3. The maximum atomic E-state index is 5.39. The molecule has 24 heavy (non-hydrogen) atoms. The van der Waals surface area contributed by atoms with Crippen LogP contribution in [-0.2, 0) is 19.4 Å². The van der Waals surface area contributed by atoms with Gasteiger partial charge in [-0.2, -0.15) is 5.10 Å². The summed E-state index contributed by atoms with van der Waals surface area (Å²) >= 11 is 0. The van der Waals surface area contributed by atoms with Crippen molar-refractivity contribution in [3.8, 4) is 5.75 Å². The van der Waals surface area contributed by atoms with E-state index in [1.165, 1.54) is 23.2 Å². The zero-order valence-corrected chi connectivity index (χ0v) is 14.2. The van der Waals surface area contributed by atoms with E-state index in [2.05, 4.69) is 38.6 Å². The van der Waals surface area contributed by atoms with Crippen LogP contribution >= 0.6 is 0 Å². The van der Waals surface area contributed by atoms with Crippen molar-refractivity contribution in [3.63, 3.8) is 0 Å². The Labute approximate surface area is 143 Å². The summed E-state index contributed by atoms with van der Waals surface area (Å²) in [4.78, 5) is 2.33. The van der Waals surface area contributed by atoms with E-state index >= 15 is 0 Å². The summed E-state index contributed by atoms with van der Waals surface area (Å²) in [5, 5.41) is 12.3. The third-order valence-corrected chi connectivity index (χ3v) is 5.03. The van der Waals surface area contributed by atoms with Crippen LogP contribution in [0.1, 0.15) is 23.2 Å². The standard InChI is InChI=1S/C19H24N4O/c1-24-18-8-3-2-5-16(18)11-20-10-14-12-23(13-14)19-9-15-6-4-7-17(15)21-22-19/h2-3,5,8-9,14,20H,4,6-7,10-13H2,1H3. The van der Waals surface area contributed by atoms with Crippen molar-refractivity contribution in [1.82, 2.24) is 15.5 Å². The van der Waals surface area contributed by atoms with Gasteiger partial charge in [-0.25, -0.2) is 0 Å². The molecular weight excluding hydrogens is 300 g/mol. The van der Waals surface area contributed by atoms with E-state index in [1.807, 2.05) is 12.1 Å². The van der Waals surface area contributed by atoms with Crippen LogP contribution in [0.25, 0.3) is 0 Å². The minimum Gasteiger partial charge on any atom is -0.496 e. The lowest BCUT2D eigenvalue weighted by atomic mass is 10.00. The molecule has 0 saturated carbocycles. The predicted molar refractivity (Wildman–Crippen MR) is 94.5 cm³/mol. The quantitative estimate of drug-likeness (QED) is 0.883. The van der Waals surface area contributed by atoms with Crippen LogP contribution in [0.15, 0.2) is 30.3 Å². The summed E-state index contributed by atoms with van der Waals surface area (Å²) in [7, 11) is 1.72. The van der Waals surface area contributed by atoms with E-state index in [0.717, 1.165) is 50.6 Å². The molecule has 0 radical (unpaired) electrons. The molecule has 2 heterocycles. The van der Waals surface area contributed by atoms with Crippen molar-refractivity contribution >= 4 is 5.82 Å². The lowest BCUT2D eigenvalue weighted by Gasteiger charge is -2.40. The molecule has 1 aliphatic carbocycles. The average molecular weight is 324 g/mol. The maximum absolute atomic E-state index is 5.39. The van der Waals surface area contributed by atoms with E-state index in [1.54, 1.807) is 7.11 Å². The lowest BCUT2D eigenvalue weighted by Crippen LogP contribution is -2.51. The Morgan fingerprint density at radius 3 is 2.96 bits per heavy atom. The molecule has 1 aromatic heterocycles. The topological polar surface area (TPSA) is 50.3 Å². The Bertz CT molecular complexity index is 712. The molecule has 0 bridgehead atoms. The van der Waals surface area contributed by atoms with Gasteiger partial charge in [0, 0.05) is 37.7 Å². The Balaban J connectivity index is 1.25. The monoisotopic (exact) mass is 324 g/mol. The number of nitrogens with one attached hydrogen (secondary N) is 1. The number of anilines is 1. The van der Waals surface area contributed by atoms with Crippen LogP contribution in [0.5, 0.6) is 5.75 Å². The third-order valence-electron chi connectivity index (χ3n) is 5.03. The highest BCUT2D eigenvalue weighted by atomic mass is 16.5. The second kappa shape index (κ2) is 6.77. The lowest BCUT2D eigenvalue weighted by molar-refractivity contribution is 0.376. The van der Waals surface area contributed by atoms with Crippen molar-refractivity contribution < 1.29 is 4.74 Å². The van der Waals surface area contributed by atoms with Gasteiger partial charge in [0.05, 0.1) is 12.8 Å². The van der Waals surface area contributed by atoms with Gasteiger partial charge in [-0.1, -0.05) is 18.2 Å². The number of hydrogen-bond donors (Lipinski definition) is 1. The molecule has 2 aliphatic rings. The summed E-state index contributed by atoms with van der Waals surface area (Å²) in [5.41, 5.74) is 3.81. The summed E-state index contributed by atoms with van der Waals surface area (Å²) in [5.74, 6) is 2.68. The predicted octanol–water partition coefficient (Wildman–Crippen LogP) is 2.20. The maximum Gasteiger partial charge on any atom is 0.151 e. The third kappa shape index (κ3) is 3.08. The second-order valence-electron chi connectivity index (χ2n) is 6.74. The van der Waals surface area contributed by atoms with Crippen LogP contribution < -0.4 is 15.0 Å². The van der Waals surface area contributed by atoms with Gasteiger partial charge in [-0.05, 0) is 37.0 Å². The number of rotatable bonds is 6. The zero-order chi connectivity index (χ0) is 16.4. The largest absolute Gasteiger partial charge is 0.496 e. The molecule has 0 amide bonds. The van der Waals surface area contributed by atoms with Crippen molar-refractivity contribution in [2.24, 2.45) is 5.92 Å². The molecule has 126 valence electrons. The van der Waals surface area contributed by atoms with E-state index in [4.69, 9.17) is 4.74 Å². The zero-order valence-electron chi connectivity index (χ0n) is 14.2. The minimum atomic E-state index is 0.676. The van der Waals surface area contributed by atoms with Crippen LogP contribution in [0, 0.1) is 5.92 Å². The van der Waals surface area contributed by atoms with Crippen molar-refractivity contribution in [1.29, 1.82) is 0 Å². The SMILES string of the molecule is COc1ccccc1CNCC1CN(c2cc3c(nn2)CCC3)C1. The summed E-state index contributed by atoms with van der Waals surface area (Å²) in [6.45, 7) is 3.99. The molecule has 1 aromatic carbocycles. The molecule has 5 nitrogen and oxygen atoms in total. The van der Waals surface area contributed by atoms with Crippen molar-refractivity contribution in [2.75, 3.05) is 31.6 Å². The van der Waals surface area contributed by atoms with Gasteiger partial charge in [0.25, 0.3) is 0 Å². The molecule has 1 N–H and O–H groups in total. The van der Waals surface area contributed by atoms with Crippen molar-refractivity contribution in [3.05, 3.63) is 47.2 Å². The number of fused-ring (bicyclic) bond motifs is 1. The molecule has 0 atom stereocenters. The summed E-state index contributed by atoms with van der Waals surface area (Å²) in [6.07, 6.45) is 3.48. The Kier molecular flexibility index (Phi) is 4.34. The van der Waals surface area contributed by atoms with E-state index in [-0.39, 0.29) is 0 Å². The van der Waals surface area contributed by atoms with Gasteiger partial charge in [0.15, 0.2) is 5.82 Å². The molecule has 1 aliphatic heterocycles. The fourth-order valence-electron chi connectivity index (χ4n) is 3.62. The van der Waals surface area contributed by atoms with Crippen LogP contribution in [0.3, 0.4) is 0 Å². The van der Waals surface area contributed by atoms with E-state index in [9.17, 15) is 0 Å². The number of aryl methyl sites for hydroxylation is 2. The number of aromatic nitrogens is 2. The molecule has 0 unspecified atom stereocenters. The Morgan fingerprint density at radius 1 is 1.21 bits per heavy atom. The normalized spacial score (nSPS) is 16.8. The molecule has 1 saturated heterocycles. The summed E-state index contributed by atoms with van der Waals surface area (Å²) < 4.78 is 5.39. The number of ether oxygens (including phenoxy) is 1. The highest BCUT2D eigenvalue weighted by molar-refractivity contribution is 5.45. The van der Waals surface area contributed by atoms with Gasteiger partial charge in [-0.15, -0.1) is 5.10 Å². The fourth-order valence-corrected chi connectivity index (χ4v) is 3.62. The smallest absolute Gasteiger partial charge is 0.151 e. The molecule has 2 aromatic rings. The summed E-state index contributed by atoms with van der Waals surface area (Å²) in [6, 6.07) is 10.4. The number of benzene rings is 1. The van der Waals surface area contributed by atoms with Gasteiger partial charge < -0.3 is 15.0 Å². The molecule has 1 fully saturated rings. The van der Waals surface area contributed by atoms with Gasteiger partial charge in [-0.3, -0.25) is 0 Å². The highest BCUT2D eigenvalue weighted by Crippen LogP contribution is 2.27. The van der Waals surface area contributed by atoms with E-state index in [0.29, 0.717) is 5.92 Å². The van der Waals surface area contributed by atoms with Crippen LogP contribution in [0.2, 0.25) is 0 Å². The average Bonchev–Trinajstić information content (AvgIpc) is 3.04.